The Morgan fingerprint density at radius 2 is 2.00 bits per heavy atom. The molecule has 3 N–H and O–H groups in total. The summed E-state index contributed by atoms with van der Waals surface area (Å²) in [4.78, 5) is 11.2. The van der Waals surface area contributed by atoms with Crippen molar-refractivity contribution in [2.45, 2.75) is 32.1 Å². The van der Waals surface area contributed by atoms with Gasteiger partial charge < -0.3 is 10.5 Å². The van der Waals surface area contributed by atoms with E-state index in [-0.39, 0.29) is 13.2 Å². The Morgan fingerprint density at radius 1 is 1.47 bits per heavy atom. The number of sulfonamides is 1. The van der Waals surface area contributed by atoms with Crippen LogP contribution < -0.4 is 10.5 Å². The van der Waals surface area contributed by atoms with Gasteiger partial charge in [0.1, 0.15) is 6.04 Å². The molecule has 0 amide bonds. The zero-order valence-electron chi connectivity index (χ0n) is 9.19. The molecule has 0 saturated carbocycles. The predicted molar refractivity (Wildman–Crippen MR) is 56.7 cm³/mol. The highest BCUT2D eigenvalue weighted by Crippen LogP contribution is 1.99. The summed E-state index contributed by atoms with van der Waals surface area (Å²) in [7, 11) is -3.50. The highest BCUT2D eigenvalue weighted by Gasteiger charge is 2.26. The molecule has 0 aliphatic carbocycles. The lowest BCUT2D eigenvalue weighted by molar-refractivity contribution is -0.144. The molecule has 0 fully saturated rings. The molecule has 0 aromatic rings. The lowest BCUT2D eigenvalue weighted by Crippen LogP contribution is -2.48. The molecule has 1 atom stereocenters. The van der Waals surface area contributed by atoms with E-state index < -0.39 is 27.3 Å². The SMILES string of the molecule is CCOC(=O)C(CN)NS(=O)(=O)C(C)C. The average Bonchev–Trinajstić information content (AvgIpc) is 2.14. The van der Waals surface area contributed by atoms with Crippen molar-refractivity contribution in [3.8, 4) is 0 Å². The van der Waals surface area contributed by atoms with Crippen molar-refractivity contribution in [1.29, 1.82) is 0 Å². The molecule has 7 heteroatoms. The minimum Gasteiger partial charge on any atom is -0.465 e. The fourth-order valence-corrected chi connectivity index (χ4v) is 1.63. The van der Waals surface area contributed by atoms with E-state index >= 15 is 0 Å². The molecule has 0 rings (SSSR count). The van der Waals surface area contributed by atoms with Crippen LogP contribution in [0.25, 0.3) is 0 Å². The highest BCUT2D eigenvalue weighted by atomic mass is 32.2. The van der Waals surface area contributed by atoms with Crippen molar-refractivity contribution in [2.24, 2.45) is 5.73 Å². The average molecular weight is 238 g/mol. The number of hydrogen-bond donors (Lipinski definition) is 2. The summed E-state index contributed by atoms with van der Waals surface area (Å²) in [6.07, 6.45) is 0. The van der Waals surface area contributed by atoms with Crippen LogP contribution in [0.15, 0.2) is 0 Å². The Morgan fingerprint density at radius 3 is 2.33 bits per heavy atom. The van der Waals surface area contributed by atoms with Gasteiger partial charge in [-0.2, -0.15) is 4.72 Å². The van der Waals surface area contributed by atoms with Crippen LogP contribution in [0.1, 0.15) is 20.8 Å². The van der Waals surface area contributed by atoms with E-state index in [0.717, 1.165) is 0 Å². The van der Waals surface area contributed by atoms with E-state index in [0.29, 0.717) is 0 Å². The van der Waals surface area contributed by atoms with Crippen LogP contribution in [-0.4, -0.2) is 38.8 Å². The van der Waals surface area contributed by atoms with Crippen molar-refractivity contribution in [1.82, 2.24) is 4.72 Å². The summed E-state index contributed by atoms with van der Waals surface area (Å²) in [6, 6.07) is -1.00. The number of hydrogen-bond acceptors (Lipinski definition) is 5. The monoisotopic (exact) mass is 238 g/mol. The second kappa shape index (κ2) is 6.04. The van der Waals surface area contributed by atoms with Crippen molar-refractivity contribution < 1.29 is 17.9 Å². The molecule has 0 aliphatic rings. The van der Waals surface area contributed by atoms with Gasteiger partial charge in [0.15, 0.2) is 0 Å². The van der Waals surface area contributed by atoms with Gasteiger partial charge in [0.25, 0.3) is 0 Å². The molecule has 0 aliphatic heterocycles. The molecule has 0 aromatic carbocycles. The zero-order valence-corrected chi connectivity index (χ0v) is 10.0. The molecule has 0 aromatic heterocycles. The summed E-state index contributed by atoms with van der Waals surface area (Å²) in [6.45, 7) is 4.74. The lowest BCUT2D eigenvalue weighted by atomic mass is 10.3. The standard InChI is InChI=1S/C8H18N2O4S/c1-4-14-8(11)7(5-9)10-15(12,13)6(2)3/h6-7,10H,4-5,9H2,1-3H3. The molecule has 6 nitrogen and oxygen atoms in total. The summed E-state index contributed by atoms with van der Waals surface area (Å²) >= 11 is 0. The van der Waals surface area contributed by atoms with Gasteiger partial charge in [-0.1, -0.05) is 0 Å². The van der Waals surface area contributed by atoms with E-state index in [1.807, 2.05) is 0 Å². The van der Waals surface area contributed by atoms with Gasteiger partial charge in [-0.15, -0.1) is 0 Å². The van der Waals surface area contributed by atoms with Crippen LogP contribution in [0.2, 0.25) is 0 Å². The van der Waals surface area contributed by atoms with E-state index in [1.54, 1.807) is 6.92 Å². The molecule has 15 heavy (non-hydrogen) atoms. The molecular formula is C8H18N2O4S. The van der Waals surface area contributed by atoms with Crippen LogP contribution in [0, 0.1) is 0 Å². The molecule has 0 spiro atoms. The summed E-state index contributed by atoms with van der Waals surface area (Å²) in [5, 5.41) is -0.610. The van der Waals surface area contributed by atoms with Gasteiger partial charge in [0, 0.05) is 6.54 Å². The van der Waals surface area contributed by atoms with Gasteiger partial charge in [0.05, 0.1) is 11.9 Å². The Labute approximate surface area is 90.2 Å². The third kappa shape index (κ3) is 4.59. The maximum atomic E-state index is 11.4. The van der Waals surface area contributed by atoms with Gasteiger partial charge in [-0.3, -0.25) is 4.79 Å². The third-order valence-electron chi connectivity index (χ3n) is 1.73. The van der Waals surface area contributed by atoms with Crippen molar-refractivity contribution >= 4 is 16.0 Å². The van der Waals surface area contributed by atoms with E-state index in [9.17, 15) is 13.2 Å². The van der Waals surface area contributed by atoms with Crippen LogP contribution in [0.3, 0.4) is 0 Å². The van der Waals surface area contributed by atoms with Crippen LogP contribution >= 0.6 is 0 Å². The number of ether oxygens (including phenoxy) is 1. The maximum absolute atomic E-state index is 11.4. The molecule has 1 unspecified atom stereocenters. The molecule has 90 valence electrons. The number of carbonyl (C=O) groups is 1. The van der Waals surface area contributed by atoms with Crippen LogP contribution in [-0.2, 0) is 19.6 Å². The molecule has 0 saturated heterocycles. The van der Waals surface area contributed by atoms with Crippen LogP contribution in [0.5, 0.6) is 0 Å². The normalized spacial score (nSPS) is 13.9. The van der Waals surface area contributed by atoms with E-state index in [1.165, 1.54) is 13.8 Å². The Kier molecular flexibility index (Phi) is 5.77. The van der Waals surface area contributed by atoms with Gasteiger partial charge >= 0.3 is 5.97 Å². The van der Waals surface area contributed by atoms with E-state index in [4.69, 9.17) is 5.73 Å². The smallest absolute Gasteiger partial charge is 0.325 e. The molecule has 0 heterocycles. The highest BCUT2D eigenvalue weighted by molar-refractivity contribution is 7.90. The van der Waals surface area contributed by atoms with Crippen molar-refractivity contribution in [3.63, 3.8) is 0 Å². The van der Waals surface area contributed by atoms with Gasteiger partial charge in [-0.25, -0.2) is 8.42 Å². The molecular weight excluding hydrogens is 220 g/mol. The first-order valence-corrected chi connectivity index (χ1v) is 6.27. The maximum Gasteiger partial charge on any atom is 0.325 e. The first-order valence-electron chi connectivity index (χ1n) is 4.73. The Hall–Kier alpha value is -0.660. The van der Waals surface area contributed by atoms with Gasteiger partial charge in [0.2, 0.25) is 10.0 Å². The van der Waals surface area contributed by atoms with Gasteiger partial charge in [-0.05, 0) is 20.8 Å². The fraction of sp³-hybridized carbons (Fsp3) is 0.875. The second-order valence-electron chi connectivity index (χ2n) is 3.25. The predicted octanol–water partition coefficient (Wildman–Crippen LogP) is -0.795. The number of carbonyl (C=O) groups excluding carboxylic acids is 1. The third-order valence-corrected chi connectivity index (χ3v) is 3.59. The van der Waals surface area contributed by atoms with Crippen LogP contribution in [0.4, 0.5) is 0 Å². The van der Waals surface area contributed by atoms with Crippen molar-refractivity contribution in [3.05, 3.63) is 0 Å². The fourth-order valence-electron chi connectivity index (χ4n) is 0.770. The topological polar surface area (TPSA) is 98.5 Å². The number of nitrogens with one attached hydrogen (secondary N) is 1. The quantitative estimate of drug-likeness (QED) is 0.591. The first-order chi connectivity index (χ1) is 6.85. The molecule has 0 bridgehead atoms. The minimum atomic E-state index is -3.50. The minimum absolute atomic E-state index is 0.120. The zero-order chi connectivity index (χ0) is 12.1. The number of esters is 1. The first kappa shape index (κ1) is 14.3. The summed E-state index contributed by atoms with van der Waals surface area (Å²) in [5.74, 6) is -0.649. The Balaban J connectivity index is 4.53. The lowest BCUT2D eigenvalue weighted by Gasteiger charge is -2.16. The summed E-state index contributed by atoms with van der Waals surface area (Å²) in [5.41, 5.74) is 5.28. The summed E-state index contributed by atoms with van der Waals surface area (Å²) < 4.78 is 29.7. The molecule has 0 radical (unpaired) electrons. The second-order valence-corrected chi connectivity index (χ2v) is 5.52. The number of rotatable bonds is 6. The number of nitrogens with two attached hydrogens (primary N) is 1. The van der Waals surface area contributed by atoms with Crippen molar-refractivity contribution in [2.75, 3.05) is 13.2 Å². The largest absolute Gasteiger partial charge is 0.465 e. The van der Waals surface area contributed by atoms with E-state index in [2.05, 4.69) is 9.46 Å². The Bertz CT molecular complexity index is 300.